The van der Waals surface area contributed by atoms with Crippen LogP contribution < -0.4 is 5.56 Å². The second-order valence-electron chi connectivity index (χ2n) is 5.54. The zero-order valence-corrected chi connectivity index (χ0v) is 12.1. The van der Waals surface area contributed by atoms with E-state index in [1.807, 2.05) is 13.8 Å². The minimum atomic E-state index is -0.394. The minimum Gasteiger partial charge on any atom is -0.394 e. The molecule has 1 fully saturated rings. The maximum absolute atomic E-state index is 12.5. The molecule has 0 aliphatic carbocycles. The number of aromatic amines is 1. The van der Waals surface area contributed by atoms with Gasteiger partial charge >= 0.3 is 0 Å². The number of H-pyrrole nitrogens is 1. The van der Waals surface area contributed by atoms with Crippen LogP contribution in [0, 0.1) is 6.92 Å². The molecule has 1 aliphatic rings. The largest absolute Gasteiger partial charge is 0.394 e. The maximum Gasteiger partial charge on any atom is 0.264 e. The molecule has 0 aromatic carbocycles. The van der Waals surface area contributed by atoms with Gasteiger partial charge in [-0.25, -0.2) is 4.98 Å². The average Bonchev–Trinajstić information content (AvgIpc) is 2.85. The molecule has 1 saturated heterocycles. The van der Waals surface area contributed by atoms with Crippen LogP contribution in [-0.4, -0.2) is 45.1 Å². The molecule has 0 saturated carbocycles. The van der Waals surface area contributed by atoms with Gasteiger partial charge in [-0.15, -0.1) is 0 Å². The molecule has 0 bridgehead atoms. The summed E-state index contributed by atoms with van der Waals surface area (Å²) in [6.45, 7) is 6.05. The number of hydrogen-bond donors (Lipinski definition) is 2. The minimum absolute atomic E-state index is 0.0692. The van der Waals surface area contributed by atoms with Crippen molar-refractivity contribution in [1.82, 2.24) is 14.9 Å². The van der Waals surface area contributed by atoms with E-state index in [0.717, 1.165) is 12.8 Å². The van der Waals surface area contributed by atoms with Gasteiger partial charge in [0.15, 0.2) is 0 Å². The van der Waals surface area contributed by atoms with Crippen molar-refractivity contribution in [2.45, 2.75) is 45.6 Å². The Labute approximate surface area is 117 Å². The first-order valence-electron chi connectivity index (χ1n) is 6.98. The Hall–Kier alpha value is -1.69. The van der Waals surface area contributed by atoms with E-state index >= 15 is 0 Å². The quantitative estimate of drug-likeness (QED) is 0.857. The second kappa shape index (κ2) is 5.75. The molecule has 1 aliphatic heterocycles. The highest BCUT2D eigenvalue weighted by Gasteiger charge is 2.31. The number of aryl methyl sites for hydroxylation is 1. The first kappa shape index (κ1) is 14.7. The van der Waals surface area contributed by atoms with E-state index in [1.54, 1.807) is 11.8 Å². The van der Waals surface area contributed by atoms with Crippen molar-refractivity contribution < 1.29 is 9.90 Å². The fraction of sp³-hybridized carbons (Fsp3) is 0.643. The van der Waals surface area contributed by atoms with E-state index in [9.17, 15) is 14.7 Å². The molecule has 1 aromatic rings. The van der Waals surface area contributed by atoms with Crippen molar-refractivity contribution in [3.63, 3.8) is 0 Å². The van der Waals surface area contributed by atoms with Crippen molar-refractivity contribution >= 4 is 5.91 Å². The summed E-state index contributed by atoms with van der Waals surface area (Å²) in [4.78, 5) is 33.2. The molecule has 1 atom stereocenters. The number of nitrogens with one attached hydrogen (secondary N) is 1. The summed E-state index contributed by atoms with van der Waals surface area (Å²) in [6, 6.07) is -0.189. The molecular weight excluding hydrogens is 258 g/mol. The van der Waals surface area contributed by atoms with Gasteiger partial charge in [-0.1, -0.05) is 13.8 Å². The van der Waals surface area contributed by atoms with Crippen molar-refractivity contribution in [2.75, 3.05) is 13.2 Å². The van der Waals surface area contributed by atoms with Crippen molar-refractivity contribution in [3.05, 3.63) is 27.4 Å². The van der Waals surface area contributed by atoms with Crippen LogP contribution in [-0.2, 0) is 0 Å². The highest BCUT2D eigenvalue weighted by atomic mass is 16.3. The summed E-state index contributed by atoms with van der Waals surface area (Å²) in [5.74, 6) is 0.356. The summed E-state index contributed by atoms with van der Waals surface area (Å²) in [7, 11) is 0. The summed E-state index contributed by atoms with van der Waals surface area (Å²) < 4.78 is 0. The van der Waals surface area contributed by atoms with Crippen LogP contribution in [0.5, 0.6) is 0 Å². The van der Waals surface area contributed by atoms with Crippen molar-refractivity contribution in [2.24, 2.45) is 0 Å². The van der Waals surface area contributed by atoms with Crippen LogP contribution in [0.15, 0.2) is 4.79 Å². The molecule has 1 amide bonds. The highest BCUT2D eigenvalue weighted by Crippen LogP contribution is 2.19. The Kier molecular flexibility index (Phi) is 4.23. The van der Waals surface area contributed by atoms with Crippen LogP contribution in [0.1, 0.15) is 54.5 Å². The number of aliphatic hydroxyl groups excluding tert-OH is 1. The molecule has 1 unspecified atom stereocenters. The number of nitrogens with zero attached hydrogens (tertiary/aromatic N) is 2. The zero-order valence-electron chi connectivity index (χ0n) is 12.1. The van der Waals surface area contributed by atoms with E-state index in [-0.39, 0.29) is 30.0 Å². The van der Waals surface area contributed by atoms with E-state index in [2.05, 4.69) is 9.97 Å². The standard InChI is InChI=1S/C14H21N3O3/c1-8(2)12-15-9(3)11(13(19)16-12)14(20)17-6-4-5-10(17)7-18/h8,10,18H,4-7H2,1-3H3,(H,15,16,19). The Morgan fingerprint density at radius 1 is 1.55 bits per heavy atom. The summed E-state index contributed by atoms with van der Waals surface area (Å²) in [6.07, 6.45) is 1.63. The number of likely N-dealkylation sites (tertiary alicyclic amines) is 1. The van der Waals surface area contributed by atoms with Gasteiger partial charge in [0.2, 0.25) is 0 Å². The average molecular weight is 279 g/mol. The van der Waals surface area contributed by atoms with Gasteiger partial charge in [-0.2, -0.15) is 0 Å². The smallest absolute Gasteiger partial charge is 0.264 e. The lowest BCUT2D eigenvalue weighted by atomic mass is 10.1. The van der Waals surface area contributed by atoms with Gasteiger partial charge in [0.25, 0.3) is 11.5 Å². The maximum atomic E-state index is 12.5. The molecule has 1 aromatic heterocycles. The number of amides is 1. The van der Waals surface area contributed by atoms with Gasteiger partial charge < -0.3 is 15.0 Å². The molecule has 2 N–H and O–H groups in total. The third-order valence-electron chi connectivity index (χ3n) is 3.73. The lowest BCUT2D eigenvalue weighted by molar-refractivity contribution is 0.0674. The second-order valence-corrected chi connectivity index (χ2v) is 5.54. The molecule has 0 radical (unpaired) electrons. The van der Waals surface area contributed by atoms with E-state index in [1.165, 1.54) is 0 Å². The number of hydrogen-bond acceptors (Lipinski definition) is 4. The number of rotatable bonds is 3. The third kappa shape index (κ3) is 2.60. The first-order chi connectivity index (χ1) is 9.45. The van der Waals surface area contributed by atoms with E-state index in [4.69, 9.17) is 0 Å². The monoisotopic (exact) mass is 279 g/mol. The fourth-order valence-corrected chi connectivity index (χ4v) is 2.57. The molecule has 2 heterocycles. The molecule has 2 rings (SSSR count). The Morgan fingerprint density at radius 3 is 2.80 bits per heavy atom. The normalized spacial score (nSPS) is 18.9. The Morgan fingerprint density at radius 2 is 2.25 bits per heavy atom. The predicted molar refractivity (Wildman–Crippen MR) is 74.8 cm³/mol. The SMILES string of the molecule is Cc1nc(C(C)C)[nH]c(=O)c1C(=O)N1CCCC1CO. The van der Waals surface area contributed by atoms with E-state index in [0.29, 0.717) is 18.1 Å². The molecule has 6 heteroatoms. The number of aromatic nitrogens is 2. The topological polar surface area (TPSA) is 86.3 Å². The van der Waals surface area contributed by atoms with Gasteiger partial charge in [0.05, 0.1) is 18.3 Å². The molecule has 20 heavy (non-hydrogen) atoms. The van der Waals surface area contributed by atoms with Crippen molar-refractivity contribution in [3.8, 4) is 0 Å². The summed E-state index contributed by atoms with van der Waals surface area (Å²) in [5.41, 5.74) is 0.149. The van der Waals surface area contributed by atoms with Gasteiger partial charge in [-0.05, 0) is 19.8 Å². The third-order valence-corrected chi connectivity index (χ3v) is 3.73. The zero-order chi connectivity index (χ0) is 14.9. The molecule has 6 nitrogen and oxygen atoms in total. The first-order valence-corrected chi connectivity index (χ1v) is 6.98. The number of aliphatic hydroxyl groups is 1. The Balaban J connectivity index is 2.38. The van der Waals surface area contributed by atoms with Gasteiger partial charge in [0.1, 0.15) is 11.4 Å². The number of carbonyl (C=O) groups excluding carboxylic acids is 1. The van der Waals surface area contributed by atoms with Crippen LogP contribution >= 0.6 is 0 Å². The lowest BCUT2D eigenvalue weighted by Crippen LogP contribution is -2.41. The fourth-order valence-electron chi connectivity index (χ4n) is 2.57. The van der Waals surface area contributed by atoms with Crippen LogP contribution in [0.3, 0.4) is 0 Å². The van der Waals surface area contributed by atoms with Crippen LogP contribution in [0.2, 0.25) is 0 Å². The molecular formula is C14H21N3O3. The lowest BCUT2D eigenvalue weighted by Gasteiger charge is -2.23. The molecule has 110 valence electrons. The molecule has 0 spiro atoms. The highest BCUT2D eigenvalue weighted by molar-refractivity contribution is 5.95. The Bertz CT molecular complexity index is 565. The van der Waals surface area contributed by atoms with Gasteiger partial charge in [-0.3, -0.25) is 9.59 Å². The van der Waals surface area contributed by atoms with Crippen molar-refractivity contribution in [1.29, 1.82) is 0 Å². The van der Waals surface area contributed by atoms with Gasteiger partial charge in [0, 0.05) is 12.5 Å². The van der Waals surface area contributed by atoms with E-state index < -0.39 is 5.56 Å². The van der Waals surface area contributed by atoms with Crippen LogP contribution in [0.4, 0.5) is 0 Å². The number of carbonyl (C=O) groups is 1. The summed E-state index contributed by atoms with van der Waals surface area (Å²) >= 11 is 0. The predicted octanol–water partition coefficient (Wildman–Crippen LogP) is 0.799. The van der Waals surface area contributed by atoms with Crippen LogP contribution in [0.25, 0.3) is 0 Å². The summed E-state index contributed by atoms with van der Waals surface area (Å²) in [5, 5.41) is 9.29.